The van der Waals surface area contributed by atoms with Crippen molar-refractivity contribution in [2.45, 2.75) is 6.61 Å². The van der Waals surface area contributed by atoms with E-state index in [9.17, 15) is 23.2 Å². The van der Waals surface area contributed by atoms with Crippen LogP contribution in [0.15, 0.2) is 29.1 Å². The lowest BCUT2D eigenvalue weighted by molar-refractivity contribution is -0.0498. The van der Waals surface area contributed by atoms with Crippen LogP contribution in [0.1, 0.15) is 20.7 Å². The fraction of sp³-hybridized carbons (Fsp3) is 0.133. The van der Waals surface area contributed by atoms with E-state index in [1.165, 1.54) is 25.3 Å². The number of amides is 2. The quantitative estimate of drug-likeness (QED) is 0.792. The number of pyridine rings is 1. The third-order valence-electron chi connectivity index (χ3n) is 3.58. The highest BCUT2D eigenvalue weighted by molar-refractivity contribution is 6.23. The van der Waals surface area contributed by atoms with E-state index in [4.69, 9.17) is 10.5 Å². The van der Waals surface area contributed by atoms with Crippen molar-refractivity contribution < 1.29 is 27.8 Å². The van der Waals surface area contributed by atoms with Crippen LogP contribution in [0.4, 0.5) is 14.6 Å². The second-order valence-corrected chi connectivity index (χ2v) is 4.99. The Kier molecular flexibility index (Phi) is 3.87. The predicted molar refractivity (Wildman–Crippen MR) is 81.4 cm³/mol. The first-order chi connectivity index (χ1) is 11.8. The number of carbonyl (C=O) groups excluding carboxylic acids is 2. The summed E-state index contributed by atoms with van der Waals surface area (Å²) in [5.74, 6) is -2.03. The van der Waals surface area contributed by atoms with Gasteiger partial charge in [-0.3, -0.25) is 24.3 Å². The fourth-order valence-electron chi connectivity index (χ4n) is 2.52. The van der Waals surface area contributed by atoms with Crippen LogP contribution in [0.3, 0.4) is 0 Å². The van der Waals surface area contributed by atoms with Crippen LogP contribution in [0.2, 0.25) is 0 Å². The van der Waals surface area contributed by atoms with E-state index in [0.717, 1.165) is 10.6 Å². The van der Waals surface area contributed by atoms with Gasteiger partial charge >= 0.3 is 6.61 Å². The molecule has 0 aliphatic carbocycles. The Bertz CT molecular complexity index is 955. The Labute approximate surface area is 138 Å². The number of imide groups is 1. The molecule has 0 atom stereocenters. The summed E-state index contributed by atoms with van der Waals surface area (Å²) in [4.78, 5) is 35.9. The van der Waals surface area contributed by atoms with Crippen LogP contribution in [0.5, 0.6) is 11.5 Å². The summed E-state index contributed by atoms with van der Waals surface area (Å²) in [7, 11) is 1.34. The van der Waals surface area contributed by atoms with Gasteiger partial charge < -0.3 is 15.2 Å². The Balaban J connectivity index is 2.30. The molecule has 2 heterocycles. The molecule has 10 heteroatoms. The summed E-state index contributed by atoms with van der Waals surface area (Å²) >= 11 is 0. The number of anilines is 1. The molecule has 0 spiro atoms. The summed E-state index contributed by atoms with van der Waals surface area (Å²) in [5.41, 5.74) is 4.53. The van der Waals surface area contributed by atoms with Crippen molar-refractivity contribution in [2.75, 3.05) is 12.8 Å². The standard InChI is InChI=1S/C15H11F2N3O5/c1-24-6-2-3-9(25-15(16)17)8(4-6)20-10(21)5-7-11(12(20)18)14(23)19-13(7)22/h2-5,15H,18H2,1H3,(H,19,22,23). The number of ether oxygens (including phenoxy) is 2. The van der Waals surface area contributed by atoms with Gasteiger partial charge in [-0.2, -0.15) is 8.78 Å². The molecule has 1 aliphatic rings. The van der Waals surface area contributed by atoms with Gasteiger partial charge in [-0.05, 0) is 12.1 Å². The Morgan fingerprint density at radius 1 is 1.16 bits per heavy atom. The summed E-state index contributed by atoms with van der Waals surface area (Å²) < 4.78 is 35.5. The molecule has 8 nitrogen and oxygen atoms in total. The molecule has 3 rings (SSSR count). The lowest BCUT2D eigenvalue weighted by Crippen LogP contribution is -2.24. The molecular formula is C15H11F2N3O5. The molecule has 2 amide bonds. The van der Waals surface area contributed by atoms with Crippen molar-refractivity contribution in [1.82, 2.24) is 9.88 Å². The molecule has 1 aromatic heterocycles. The molecule has 0 bridgehead atoms. The Hall–Kier alpha value is -3.43. The van der Waals surface area contributed by atoms with Crippen LogP contribution in [-0.4, -0.2) is 30.1 Å². The monoisotopic (exact) mass is 351 g/mol. The Morgan fingerprint density at radius 2 is 1.88 bits per heavy atom. The van der Waals surface area contributed by atoms with Gasteiger partial charge in [0.25, 0.3) is 17.4 Å². The van der Waals surface area contributed by atoms with Gasteiger partial charge in [0.05, 0.1) is 23.9 Å². The lowest BCUT2D eigenvalue weighted by Gasteiger charge is -2.16. The highest BCUT2D eigenvalue weighted by Gasteiger charge is 2.32. The van der Waals surface area contributed by atoms with Crippen molar-refractivity contribution in [1.29, 1.82) is 0 Å². The van der Waals surface area contributed by atoms with Crippen LogP contribution in [-0.2, 0) is 0 Å². The molecule has 25 heavy (non-hydrogen) atoms. The first-order valence-corrected chi connectivity index (χ1v) is 6.88. The second kappa shape index (κ2) is 5.89. The highest BCUT2D eigenvalue weighted by atomic mass is 19.3. The molecule has 130 valence electrons. The number of nitrogens with two attached hydrogens (primary N) is 1. The number of nitrogen functional groups attached to an aromatic ring is 1. The Morgan fingerprint density at radius 3 is 2.52 bits per heavy atom. The molecule has 0 fully saturated rings. The smallest absolute Gasteiger partial charge is 0.387 e. The highest BCUT2D eigenvalue weighted by Crippen LogP contribution is 2.31. The number of fused-ring (bicyclic) bond motifs is 1. The molecule has 3 N–H and O–H groups in total. The molecule has 0 unspecified atom stereocenters. The lowest BCUT2D eigenvalue weighted by atomic mass is 10.1. The van der Waals surface area contributed by atoms with Gasteiger partial charge in [0.2, 0.25) is 0 Å². The molecule has 1 aromatic carbocycles. The van der Waals surface area contributed by atoms with E-state index >= 15 is 0 Å². The first-order valence-electron chi connectivity index (χ1n) is 6.88. The topological polar surface area (TPSA) is 113 Å². The number of carbonyl (C=O) groups is 2. The maximum absolute atomic E-state index is 12.7. The number of hydrogen-bond acceptors (Lipinski definition) is 6. The van der Waals surface area contributed by atoms with Gasteiger partial charge in [0.15, 0.2) is 5.75 Å². The predicted octanol–water partition coefficient (Wildman–Crippen LogP) is 0.913. The number of aromatic nitrogens is 1. The van der Waals surface area contributed by atoms with E-state index in [1.807, 2.05) is 5.32 Å². The average molecular weight is 351 g/mol. The minimum absolute atomic E-state index is 0.155. The number of methoxy groups -OCH3 is 1. The van der Waals surface area contributed by atoms with Crippen molar-refractivity contribution >= 4 is 17.6 Å². The van der Waals surface area contributed by atoms with Gasteiger partial charge in [-0.15, -0.1) is 0 Å². The average Bonchev–Trinajstić information content (AvgIpc) is 2.82. The van der Waals surface area contributed by atoms with Gasteiger partial charge in [-0.1, -0.05) is 0 Å². The summed E-state index contributed by atoms with van der Waals surface area (Å²) in [5, 5.41) is 2.01. The molecule has 0 saturated carbocycles. The molecule has 0 saturated heterocycles. The maximum Gasteiger partial charge on any atom is 0.387 e. The summed E-state index contributed by atoms with van der Waals surface area (Å²) in [6.45, 7) is -3.15. The van der Waals surface area contributed by atoms with E-state index in [0.29, 0.717) is 0 Å². The number of nitrogens with one attached hydrogen (secondary N) is 1. The van der Waals surface area contributed by atoms with Crippen molar-refractivity contribution in [3.8, 4) is 17.2 Å². The van der Waals surface area contributed by atoms with Gasteiger partial charge in [0.1, 0.15) is 11.6 Å². The number of nitrogens with zero attached hydrogens (tertiary/aromatic N) is 1. The molecule has 1 aliphatic heterocycles. The molecule has 2 aromatic rings. The summed E-state index contributed by atoms with van der Waals surface area (Å²) in [6.07, 6.45) is 0. The van der Waals surface area contributed by atoms with Crippen LogP contribution < -0.4 is 26.1 Å². The van der Waals surface area contributed by atoms with Crippen LogP contribution >= 0.6 is 0 Å². The van der Waals surface area contributed by atoms with Crippen molar-refractivity contribution in [3.05, 3.63) is 45.7 Å². The van der Waals surface area contributed by atoms with Crippen molar-refractivity contribution in [3.63, 3.8) is 0 Å². The van der Waals surface area contributed by atoms with E-state index in [2.05, 4.69) is 4.74 Å². The second-order valence-electron chi connectivity index (χ2n) is 4.99. The maximum atomic E-state index is 12.7. The fourth-order valence-corrected chi connectivity index (χ4v) is 2.52. The SMILES string of the molecule is COc1ccc(OC(F)F)c(-n2c(N)c3c(cc2=O)C(=O)NC3=O)c1. The number of benzene rings is 1. The van der Waals surface area contributed by atoms with E-state index in [1.54, 1.807) is 0 Å². The zero-order valence-corrected chi connectivity index (χ0v) is 12.7. The van der Waals surface area contributed by atoms with E-state index < -0.39 is 24.0 Å². The third-order valence-corrected chi connectivity index (χ3v) is 3.58. The number of hydrogen-bond donors (Lipinski definition) is 2. The summed E-state index contributed by atoms with van der Waals surface area (Å²) in [6, 6.07) is 4.67. The van der Waals surface area contributed by atoms with Crippen LogP contribution in [0, 0.1) is 0 Å². The first kappa shape index (κ1) is 16.4. The number of alkyl halides is 2. The van der Waals surface area contributed by atoms with Gasteiger partial charge in [-0.25, -0.2) is 0 Å². The van der Waals surface area contributed by atoms with E-state index in [-0.39, 0.29) is 34.1 Å². The normalized spacial score (nSPS) is 13.0. The van der Waals surface area contributed by atoms with Gasteiger partial charge in [0, 0.05) is 12.1 Å². The van der Waals surface area contributed by atoms with Crippen LogP contribution in [0.25, 0.3) is 5.69 Å². The zero-order valence-electron chi connectivity index (χ0n) is 12.7. The number of rotatable bonds is 4. The zero-order chi connectivity index (χ0) is 18.3. The minimum Gasteiger partial charge on any atom is -0.497 e. The molecular weight excluding hydrogens is 340 g/mol. The number of halogens is 2. The third kappa shape index (κ3) is 2.67. The molecule has 0 radical (unpaired) electrons. The largest absolute Gasteiger partial charge is 0.497 e. The minimum atomic E-state index is -3.15. The van der Waals surface area contributed by atoms with Crippen molar-refractivity contribution in [2.24, 2.45) is 0 Å².